The zero-order chi connectivity index (χ0) is 14.0. The summed E-state index contributed by atoms with van der Waals surface area (Å²) in [6.45, 7) is 3.66. The maximum absolute atomic E-state index is 12.3. The molecule has 2 rings (SSSR count). The number of rotatable bonds is 2. The molecule has 2 heterocycles. The highest BCUT2D eigenvalue weighted by atomic mass is 16.4. The zero-order valence-electron chi connectivity index (χ0n) is 11.3. The number of hydrogen-bond acceptors (Lipinski definition) is 3. The first kappa shape index (κ1) is 14.1. The van der Waals surface area contributed by atoms with Gasteiger partial charge >= 0.3 is 12.0 Å². The lowest BCUT2D eigenvalue weighted by atomic mass is 9.95. The van der Waals surface area contributed by atoms with Crippen molar-refractivity contribution < 1.29 is 19.8 Å². The van der Waals surface area contributed by atoms with Crippen LogP contribution in [0.2, 0.25) is 0 Å². The minimum Gasteiger partial charge on any atom is -0.480 e. The molecule has 0 aromatic carbocycles. The van der Waals surface area contributed by atoms with E-state index in [9.17, 15) is 14.7 Å². The molecule has 2 aliphatic rings. The molecule has 0 saturated carbocycles. The summed E-state index contributed by atoms with van der Waals surface area (Å²) in [6, 6.07) is -1.12. The van der Waals surface area contributed by atoms with Gasteiger partial charge < -0.3 is 20.0 Å². The van der Waals surface area contributed by atoms with E-state index in [4.69, 9.17) is 5.11 Å². The van der Waals surface area contributed by atoms with Gasteiger partial charge in [0.1, 0.15) is 6.04 Å². The molecule has 2 amide bonds. The molecule has 0 bridgehead atoms. The Hall–Kier alpha value is -1.30. The van der Waals surface area contributed by atoms with E-state index in [1.165, 1.54) is 4.90 Å². The number of nitrogens with zero attached hydrogens (tertiary/aromatic N) is 2. The van der Waals surface area contributed by atoms with Crippen LogP contribution < -0.4 is 0 Å². The van der Waals surface area contributed by atoms with Crippen molar-refractivity contribution in [3.05, 3.63) is 0 Å². The summed E-state index contributed by atoms with van der Waals surface area (Å²) in [5, 5.41) is 18.7. The zero-order valence-corrected chi connectivity index (χ0v) is 11.3. The van der Waals surface area contributed by atoms with Crippen LogP contribution in [0.25, 0.3) is 0 Å². The number of carbonyl (C=O) groups is 2. The van der Waals surface area contributed by atoms with Crippen molar-refractivity contribution in [2.75, 3.05) is 19.6 Å². The number of piperidine rings is 1. The highest BCUT2D eigenvalue weighted by Crippen LogP contribution is 2.24. The number of aliphatic hydroxyl groups excluding tert-OH is 1. The van der Waals surface area contributed by atoms with E-state index in [2.05, 4.69) is 6.92 Å². The first-order chi connectivity index (χ1) is 9.02. The Bertz CT molecular complexity index is 353. The Morgan fingerprint density at radius 2 is 1.89 bits per heavy atom. The van der Waals surface area contributed by atoms with Gasteiger partial charge in [-0.25, -0.2) is 9.59 Å². The van der Waals surface area contributed by atoms with Gasteiger partial charge in [-0.05, 0) is 18.8 Å². The molecule has 6 nitrogen and oxygen atoms in total. The molecule has 0 aromatic heterocycles. The second kappa shape index (κ2) is 5.77. The Labute approximate surface area is 113 Å². The minimum atomic E-state index is -1.03. The lowest BCUT2D eigenvalue weighted by Crippen LogP contribution is -2.50. The molecule has 19 heavy (non-hydrogen) atoms. The third-order valence-electron chi connectivity index (χ3n) is 4.27. The fourth-order valence-corrected chi connectivity index (χ4v) is 2.97. The van der Waals surface area contributed by atoms with Crippen LogP contribution in [0, 0.1) is 5.92 Å². The van der Waals surface area contributed by atoms with Crippen molar-refractivity contribution in [1.82, 2.24) is 9.80 Å². The number of aliphatic carboxylic acids is 1. The molecule has 0 aromatic rings. The number of carbonyl (C=O) groups excluding carboxylic acids is 1. The summed E-state index contributed by atoms with van der Waals surface area (Å²) >= 11 is 0. The average Bonchev–Trinajstić information content (AvgIpc) is 2.80. The SMILES string of the molecule is CCC1CCN(C(=O)N2CC(O)CC2C(=O)O)CC1. The van der Waals surface area contributed by atoms with Crippen LogP contribution in [0.4, 0.5) is 4.79 Å². The van der Waals surface area contributed by atoms with Crippen molar-refractivity contribution in [2.45, 2.75) is 44.8 Å². The van der Waals surface area contributed by atoms with Crippen molar-refractivity contribution in [2.24, 2.45) is 5.92 Å². The van der Waals surface area contributed by atoms with Crippen LogP contribution in [0.3, 0.4) is 0 Å². The predicted octanol–water partition coefficient (Wildman–Crippen LogP) is 0.748. The molecule has 6 heteroatoms. The van der Waals surface area contributed by atoms with E-state index in [1.807, 2.05) is 0 Å². The molecule has 2 atom stereocenters. The molecule has 0 aliphatic carbocycles. The van der Waals surface area contributed by atoms with Crippen LogP contribution in [-0.2, 0) is 4.79 Å². The molecule has 2 unspecified atom stereocenters. The van der Waals surface area contributed by atoms with Crippen molar-refractivity contribution in [3.63, 3.8) is 0 Å². The molecule has 108 valence electrons. The summed E-state index contributed by atoms with van der Waals surface area (Å²) in [4.78, 5) is 26.5. The highest BCUT2D eigenvalue weighted by molar-refractivity contribution is 5.83. The molecular formula is C13H22N2O4. The van der Waals surface area contributed by atoms with Gasteiger partial charge in [-0.15, -0.1) is 0 Å². The van der Waals surface area contributed by atoms with Gasteiger partial charge in [0.2, 0.25) is 0 Å². The highest BCUT2D eigenvalue weighted by Gasteiger charge is 2.41. The molecule has 2 N–H and O–H groups in total. The molecule has 2 saturated heterocycles. The molecular weight excluding hydrogens is 248 g/mol. The number of aliphatic hydroxyl groups is 1. The van der Waals surface area contributed by atoms with Gasteiger partial charge in [-0.2, -0.15) is 0 Å². The van der Waals surface area contributed by atoms with E-state index in [-0.39, 0.29) is 19.0 Å². The standard InChI is InChI=1S/C13H22N2O4/c1-2-9-3-5-14(6-4-9)13(19)15-8-10(16)7-11(15)12(17)18/h9-11,16H,2-8H2,1H3,(H,17,18). The Morgan fingerprint density at radius 1 is 1.26 bits per heavy atom. The second-order valence-corrected chi connectivity index (χ2v) is 5.52. The fraction of sp³-hybridized carbons (Fsp3) is 0.846. The number of hydrogen-bond donors (Lipinski definition) is 2. The minimum absolute atomic E-state index is 0.128. The van der Waals surface area contributed by atoms with E-state index in [1.54, 1.807) is 4.90 Å². The predicted molar refractivity (Wildman–Crippen MR) is 68.7 cm³/mol. The first-order valence-electron chi connectivity index (χ1n) is 6.99. The van der Waals surface area contributed by atoms with Crippen LogP contribution >= 0.6 is 0 Å². The maximum atomic E-state index is 12.3. The lowest BCUT2D eigenvalue weighted by Gasteiger charge is -2.35. The molecule has 0 radical (unpaired) electrons. The Balaban J connectivity index is 1.97. The molecule has 2 fully saturated rings. The number of carboxylic acid groups (broad SMARTS) is 1. The Morgan fingerprint density at radius 3 is 2.42 bits per heavy atom. The smallest absolute Gasteiger partial charge is 0.326 e. The number of β-amino-alcohol motifs (C(OH)–C–C–N with tert-alkyl or cyclic N) is 1. The maximum Gasteiger partial charge on any atom is 0.326 e. The fourth-order valence-electron chi connectivity index (χ4n) is 2.97. The van der Waals surface area contributed by atoms with Gasteiger partial charge in [-0.3, -0.25) is 0 Å². The van der Waals surface area contributed by atoms with Crippen LogP contribution in [0.1, 0.15) is 32.6 Å². The van der Waals surface area contributed by atoms with Crippen LogP contribution in [-0.4, -0.2) is 63.8 Å². The van der Waals surface area contributed by atoms with Crippen molar-refractivity contribution in [3.8, 4) is 0 Å². The summed E-state index contributed by atoms with van der Waals surface area (Å²) < 4.78 is 0. The topological polar surface area (TPSA) is 81.1 Å². The third-order valence-corrected chi connectivity index (χ3v) is 4.27. The van der Waals surface area contributed by atoms with Gasteiger partial charge in [0.15, 0.2) is 0 Å². The van der Waals surface area contributed by atoms with E-state index < -0.39 is 18.1 Å². The summed E-state index contributed by atoms with van der Waals surface area (Å²) in [5.74, 6) is -0.364. The number of urea groups is 1. The van der Waals surface area contributed by atoms with Crippen molar-refractivity contribution in [1.29, 1.82) is 0 Å². The number of carboxylic acids is 1. The molecule has 2 aliphatic heterocycles. The van der Waals surface area contributed by atoms with Gasteiger partial charge in [0.25, 0.3) is 0 Å². The lowest BCUT2D eigenvalue weighted by molar-refractivity contribution is -0.141. The normalized spacial score (nSPS) is 28.7. The first-order valence-corrected chi connectivity index (χ1v) is 6.99. The Kier molecular flexibility index (Phi) is 4.29. The van der Waals surface area contributed by atoms with Crippen LogP contribution in [0.5, 0.6) is 0 Å². The van der Waals surface area contributed by atoms with Gasteiger partial charge in [-0.1, -0.05) is 13.3 Å². The third kappa shape index (κ3) is 3.00. The van der Waals surface area contributed by atoms with E-state index in [0.29, 0.717) is 19.0 Å². The monoisotopic (exact) mass is 270 g/mol. The number of amides is 2. The molecule has 0 spiro atoms. The largest absolute Gasteiger partial charge is 0.480 e. The summed E-state index contributed by atoms with van der Waals surface area (Å²) in [6.07, 6.45) is 2.50. The summed E-state index contributed by atoms with van der Waals surface area (Å²) in [7, 11) is 0. The quantitative estimate of drug-likeness (QED) is 0.776. The summed E-state index contributed by atoms with van der Waals surface area (Å²) in [5.41, 5.74) is 0. The van der Waals surface area contributed by atoms with E-state index >= 15 is 0 Å². The number of likely N-dealkylation sites (tertiary alicyclic amines) is 2. The average molecular weight is 270 g/mol. The second-order valence-electron chi connectivity index (χ2n) is 5.52. The van der Waals surface area contributed by atoms with Gasteiger partial charge in [0.05, 0.1) is 6.10 Å². The van der Waals surface area contributed by atoms with E-state index in [0.717, 1.165) is 19.3 Å². The van der Waals surface area contributed by atoms with Crippen LogP contribution in [0.15, 0.2) is 0 Å². The van der Waals surface area contributed by atoms with Crippen molar-refractivity contribution >= 4 is 12.0 Å². The van der Waals surface area contributed by atoms with Gasteiger partial charge in [0, 0.05) is 26.1 Å².